The molecule has 0 saturated carbocycles. The summed E-state index contributed by atoms with van der Waals surface area (Å²) in [5.74, 6) is 1.22. The minimum atomic E-state index is -0.0737. The molecule has 1 aliphatic heterocycles. The third kappa shape index (κ3) is 5.21. The highest BCUT2D eigenvalue weighted by atomic mass is 32.2. The molecule has 1 N–H and O–H groups in total. The minimum absolute atomic E-state index is 0.0737. The summed E-state index contributed by atoms with van der Waals surface area (Å²) in [6.07, 6.45) is 4.00. The van der Waals surface area contributed by atoms with Crippen LogP contribution < -0.4 is 5.32 Å². The summed E-state index contributed by atoms with van der Waals surface area (Å²) in [7, 11) is 0. The molecule has 0 radical (unpaired) electrons. The van der Waals surface area contributed by atoms with Gasteiger partial charge in [-0.3, -0.25) is 4.79 Å². The number of hydrogen-bond donors (Lipinski definition) is 1. The minimum Gasteiger partial charge on any atom is -0.466 e. The van der Waals surface area contributed by atoms with Gasteiger partial charge >= 0.3 is 5.97 Å². The highest BCUT2D eigenvalue weighted by Gasteiger charge is 2.20. The molecule has 4 heteroatoms. The van der Waals surface area contributed by atoms with Crippen molar-refractivity contribution in [2.24, 2.45) is 0 Å². The number of ether oxygens (including phenoxy) is 1. The van der Waals surface area contributed by atoms with Crippen molar-refractivity contribution in [3.63, 3.8) is 0 Å². The molecule has 0 aliphatic carbocycles. The van der Waals surface area contributed by atoms with Gasteiger partial charge in [-0.2, -0.15) is 11.8 Å². The summed E-state index contributed by atoms with van der Waals surface area (Å²) >= 11 is 2.04. The molecule has 94 valence electrons. The van der Waals surface area contributed by atoms with Crippen molar-refractivity contribution in [1.29, 1.82) is 0 Å². The number of rotatable bonds is 6. The lowest BCUT2D eigenvalue weighted by atomic mass is 10.1. The SMILES string of the molecule is CCOC(=O)CCCNC1CCCSC1C. The Labute approximate surface area is 103 Å². The van der Waals surface area contributed by atoms with Crippen molar-refractivity contribution in [1.82, 2.24) is 5.32 Å². The van der Waals surface area contributed by atoms with Crippen LogP contribution >= 0.6 is 11.8 Å². The quantitative estimate of drug-likeness (QED) is 0.575. The maximum Gasteiger partial charge on any atom is 0.305 e. The van der Waals surface area contributed by atoms with Crippen LogP contribution in [0.15, 0.2) is 0 Å². The molecular formula is C12H23NO2S. The van der Waals surface area contributed by atoms with Crippen molar-refractivity contribution in [2.75, 3.05) is 18.9 Å². The van der Waals surface area contributed by atoms with Crippen LogP contribution in [0.2, 0.25) is 0 Å². The molecule has 16 heavy (non-hydrogen) atoms. The second kappa shape index (κ2) is 7.96. The zero-order chi connectivity index (χ0) is 11.8. The summed E-state index contributed by atoms with van der Waals surface area (Å²) in [5, 5.41) is 4.25. The molecule has 0 aromatic heterocycles. The number of hydrogen-bond acceptors (Lipinski definition) is 4. The Hall–Kier alpha value is -0.220. The van der Waals surface area contributed by atoms with Gasteiger partial charge in [0.25, 0.3) is 0 Å². The van der Waals surface area contributed by atoms with Gasteiger partial charge in [0.15, 0.2) is 0 Å². The molecule has 1 fully saturated rings. The monoisotopic (exact) mass is 245 g/mol. The van der Waals surface area contributed by atoms with Crippen molar-refractivity contribution < 1.29 is 9.53 Å². The average Bonchev–Trinajstić information content (AvgIpc) is 2.27. The summed E-state index contributed by atoms with van der Waals surface area (Å²) in [5.41, 5.74) is 0. The molecule has 1 saturated heterocycles. The fourth-order valence-corrected chi connectivity index (χ4v) is 3.11. The van der Waals surface area contributed by atoms with E-state index < -0.39 is 0 Å². The summed E-state index contributed by atoms with van der Waals surface area (Å²) in [6, 6.07) is 0.626. The molecule has 3 nitrogen and oxygen atoms in total. The third-order valence-corrected chi connectivity index (χ3v) is 4.26. The van der Waals surface area contributed by atoms with Gasteiger partial charge in [-0.25, -0.2) is 0 Å². The largest absolute Gasteiger partial charge is 0.466 e. The Bertz CT molecular complexity index is 211. The zero-order valence-electron chi connectivity index (χ0n) is 10.3. The fraction of sp³-hybridized carbons (Fsp3) is 0.917. The Morgan fingerprint density at radius 2 is 2.38 bits per heavy atom. The molecule has 1 aliphatic rings. The topological polar surface area (TPSA) is 38.3 Å². The molecule has 0 aromatic carbocycles. The molecule has 0 aromatic rings. The van der Waals surface area contributed by atoms with Crippen molar-refractivity contribution >= 4 is 17.7 Å². The van der Waals surface area contributed by atoms with E-state index in [-0.39, 0.29) is 5.97 Å². The highest BCUT2D eigenvalue weighted by Crippen LogP contribution is 2.24. The maximum absolute atomic E-state index is 11.1. The van der Waals surface area contributed by atoms with Crippen molar-refractivity contribution in [3.05, 3.63) is 0 Å². The first-order valence-electron chi connectivity index (χ1n) is 6.24. The van der Waals surface area contributed by atoms with Crippen LogP contribution in [0, 0.1) is 0 Å². The van der Waals surface area contributed by atoms with Gasteiger partial charge in [0.2, 0.25) is 0 Å². The molecular weight excluding hydrogens is 222 g/mol. The van der Waals surface area contributed by atoms with Crippen LogP contribution in [0.25, 0.3) is 0 Å². The van der Waals surface area contributed by atoms with E-state index in [0.29, 0.717) is 24.3 Å². The van der Waals surface area contributed by atoms with Gasteiger partial charge in [0.05, 0.1) is 6.61 Å². The van der Waals surface area contributed by atoms with E-state index in [0.717, 1.165) is 13.0 Å². The molecule has 1 rings (SSSR count). The van der Waals surface area contributed by atoms with Crippen LogP contribution in [-0.4, -0.2) is 36.2 Å². The Kier molecular flexibility index (Phi) is 6.88. The van der Waals surface area contributed by atoms with E-state index >= 15 is 0 Å². The van der Waals surface area contributed by atoms with Crippen LogP contribution in [-0.2, 0) is 9.53 Å². The summed E-state index contributed by atoms with van der Waals surface area (Å²) < 4.78 is 4.88. The van der Waals surface area contributed by atoms with Crippen molar-refractivity contribution in [2.45, 2.75) is 50.8 Å². The van der Waals surface area contributed by atoms with Crippen LogP contribution in [0.4, 0.5) is 0 Å². The Morgan fingerprint density at radius 3 is 3.06 bits per heavy atom. The first kappa shape index (κ1) is 13.8. The van der Waals surface area contributed by atoms with Gasteiger partial charge in [-0.15, -0.1) is 0 Å². The van der Waals surface area contributed by atoms with Crippen LogP contribution in [0.3, 0.4) is 0 Å². The van der Waals surface area contributed by atoms with Gasteiger partial charge in [0.1, 0.15) is 0 Å². The molecule has 2 unspecified atom stereocenters. The van der Waals surface area contributed by atoms with E-state index in [1.165, 1.54) is 18.6 Å². The smallest absolute Gasteiger partial charge is 0.305 e. The standard InChI is InChI=1S/C12H23NO2S/c1-3-15-12(14)7-4-8-13-11-6-5-9-16-10(11)2/h10-11,13H,3-9H2,1-2H3. The van der Waals surface area contributed by atoms with Crippen LogP contribution in [0.5, 0.6) is 0 Å². The lowest BCUT2D eigenvalue weighted by molar-refractivity contribution is -0.143. The predicted molar refractivity (Wildman–Crippen MR) is 68.8 cm³/mol. The number of nitrogens with one attached hydrogen (secondary N) is 1. The molecule has 0 amide bonds. The average molecular weight is 245 g/mol. The van der Waals surface area contributed by atoms with Gasteiger partial charge < -0.3 is 10.1 Å². The number of carbonyl (C=O) groups excluding carboxylic acids is 1. The van der Waals surface area contributed by atoms with Crippen molar-refractivity contribution in [3.8, 4) is 0 Å². The molecule has 1 heterocycles. The second-order valence-corrected chi connectivity index (χ2v) is 5.67. The predicted octanol–water partition coefficient (Wildman–Crippen LogP) is 2.20. The van der Waals surface area contributed by atoms with Gasteiger partial charge in [-0.1, -0.05) is 6.92 Å². The third-order valence-electron chi connectivity index (χ3n) is 2.88. The highest BCUT2D eigenvalue weighted by molar-refractivity contribution is 7.99. The lowest BCUT2D eigenvalue weighted by Crippen LogP contribution is -2.39. The molecule has 0 spiro atoms. The van der Waals surface area contributed by atoms with E-state index in [9.17, 15) is 4.79 Å². The number of thioether (sulfide) groups is 1. The summed E-state index contributed by atoms with van der Waals surface area (Å²) in [4.78, 5) is 11.1. The van der Waals surface area contributed by atoms with E-state index in [2.05, 4.69) is 12.2 Å². The van der Waals surface area contributed by atoms with E-state index in [1.807, 2.05) is 18.7 Å². The molecule has 2 atom stereocenters. The first-order valence-corrected chi connectivity index (χ1v) is 7.29. The Morgan fingerprint density at radius 1 is 1.56 bits per heavy atom. The number of carbonyl (C=O) groups is 1. The summed E-state index contributed by atoms with van der Waals surface area (Å²) in [6.45, 7) is 5.54. The maximum atomic E-state index is 11.1. The van der Waals surface area contributed by atoms with Gasteiger partial charge in [0, 0.05) is 17.7 Å². The molecule has 0 bridgehead atoms. The lowest BCUT2D eigenvalue weighted by Gasteiger charge is -2.29. The Balaban J connectivity index is 2.03. The first-order chi connectivity index (χ1) is 7.74. The zero-order valence-corrected chi connectivity index (χ0v) is 11.1. The van der Waals surface area contributed by atoms with E-state index in [4.69, 9.17) is 4.74 Å². The van der Waals surface area contributed by atoms with Gasteiger partial charge in [-0.05, 0) is 38.5 Å². The van der Waals surface area contributed by atoms with E-state index in [1.54, 1.807) is 0 Å². The normalized spacial score (nSPS) is 25.4. The van der Waals surface area contributed by atoms with Crippen LogP contribution in [0.1, 0.15) is 39.5 Å². The number of esters is 1. The fourth-order valence-electron chi connectivity index (χ4n) is 1.94. The second-order valence-electron chi connectivity index (χ2n) is 4.19.